The molecule has 1 aromatic heterocycles. The third-order valence-corrected chi connectivity index (χ3v) is 2.42. The van der Waals surface area contributed by atoms with Gasteiger partial charge in [0.1, 0.15) is 5.69 Å². The van der Waals surface area contributed by atoms with Crippen LogP contribution >= 0.6 is 0 Å². The first-order valence-electron chi connectivity index (χ1n) is 5.05. The molecule has 94 valence electrons. The molecule has 0 aliphatic rings. The van der Waals surface area contributed by atoms with E-state index in [4.69, 9.17) is 0 Å². The summed E-state index contributed by atoms with van der Waals surface area (Å²) in [5.74, 6) is 0. The van der Waals surface area contributed by atoms with E-state index in [2.05, 4.69) is 5.10 Å². The zero-order valence-corrected chi connectivity index (χ0v) is 9.38. The number of aryl methyl sites for hydroxylation is 1. The highest BCUT2D eigenvalue weighted by molar-refractivity contribution is 5.65. The van der Waals surface area contributed by atoms with Crippen LogP contribution in [0, 0.1) is 10.1 Å². The first-order valence-corrected chi connectivity index (χ1v) is 5.05. The summed E-state index contributed by atoms with van der Waals surface area (Å²) >= 11 is 0. The number of nitro groups is 1. The maximum absolute atomic E-state index is 12.8. The summed E-state index contributed by atoms with van der Waals surface area (Å²) < 4.78 is 26.9. The van der Waals surface area contributed by atoms with Crippen LogP contribution in [0.3, 0.4) is 0 Å². The average Bonchev–Trinajstić information content (AvgIpc) is 2.72. The summed E-state index contributed by atoms with van der Waals surface area (Å²) in [7, 11) is 1.52. The van der Waals surface area contributed by atoms with Gasteiger partial charge in [0.25, 0.3) is 12.1 Å². The number of rotatable bonds is 3. The summed E-state index contributed by atoms with van der Waals surface area (Å²) in [6.07, 6.45) is -1.47. The summed E-state index contributed by atoms with van der Waals surface area (Å²) in [5.41, 5.74) is -0.0207. The summed E-state index contributed by atoms with van der Waals surface area (Å²) in [6, 6.07) is 5.49. The van der Waals surface area contributed by atoms with Crippen molar-refractivity contribution in [2.75, 3.05) is 0 Å². The van der Waals surface area contributed by atoms with Gasteiger partial charge >= 0.3 is 0 Å². The predicted octanol–water partition coefficient (Wildman–Crippen LogP) is 2.93. The molecule has 0 saturated heterocycles. The number of nitro benzene ring substituents is 1. The van der Waals surface area contributed by atoms with Crippen molar-refractivity contribution in [3.05, 3.63) is 46.1 Å². The van der Waals surface area contributed by atoms with Gasteiger partial charge in [0, 0.05) is 30.9 Å². The molecule has 1 heterocycles. The lowest BCUT2D eigenvalue weighted by molar-refractivity contribution is -0.384. The number of alkyl halides is 2. The van der Waals surface area contributed by atoms with E-state index in [0.717, 1.165) is 0 Å². The normalized spacial score (nSPS) is 10.9. The van der Waals surface area contributed by atoms with Crippen LogP contribution in [0.2, 0.25) is 0 Å². The Balaban J connectivity index is 2.54. The molecule has 0 spiro atoms. The van der Waals surface area contributed by atoms with E-state index < -0.39 is 11.3 Å². The van der Waals surface area contributed by atoms with Crippen molar-refractivity contribution in [1.29, 1.82) is 0 Å². The van der Waals surface area contributed by atoms with Crippen LogP contribution in [0.1, 0.15) is 12.0 Å². The van der Waals surface area contributed by atoms with Crippen LogP contribution in [-0.4, -0.2) is 14.7 Å². The van der Waals surface area contributed by atoms with Crippen molar-refractivity contribution in [2.24, 2.45) is 7.05 Å². The van der Waals surface area contributed by atoms with Gasteiger partial charge < -0.3 is 0 Å². The maximum atomic E-state index is 12.8. The van der Waals surface area contributed by atoms with Gasteiger partial charge in [-0.1, -0.05) is 12.1 Å². The van der Waals surface area contributed by atoms with Crippen LogP contribution in [0.25, 0.3) is 11.3 Å². The lowest BCUT2D eigenvalue weighted by Gasteiger charge is -2.01. The zero-order valence-electron chi connectivity index (χ0n) is 9.38. The molecule has 0 aliphatic carbocycles. The summed E-state index contributed by atoms with van der Waals surface area (Å²) in [5, 5.41) is 14.6. The second-order valence-corrected chi connectivity index (χ2v) is 3.71. The summed E-state index contributed by atoms with van der Waals surface area (Å²) in [6.45, 7) is 0. The Labute approximate surface area is 101 Å². The molecule has 0 atom stereocenters. The maximum Gasteiger partial charge on any atom is 0.270 e. The van der Waals surface area contributed by atoms with Crippen LogP contribution in [-0.2, 0) is 7.05 Å². The fourth-order valence-electron chi connectivity index (χ4n) is 1.66. The van der Waals surface area contributed by atoms with E-state index in [0.29, 0.717) is 5.56 Å². The van der Waals surface area contributed by atoms with Gasteiger partial charge in [-0.15, -0.1) is 0 Å². The molecule has 1 aromatic carbocycles. The second kappa shape index (κ2) is 4.52. The van der Waals surface area contributed by atoms with Crippen molar-refractivity contribution in [2.45, 2.75) is 6.43 Å². The lowest BCUT2D eigenvalue weighted by atomic mass is 10.1. The lowest BCUT2D eigenvalue weighted by Crippen LogP contribution is -1.91. The molecule has 18 heavy (non-hydrogen) atoms. The van der Waals surface area contributed by atoms with Crippen molar-refractivity contribution in [1.82, 2.24) is 9.78 Å². The fraction of sp³-hybridized carbons (Fsp3) is 0.182. The number of aromatic nitrogens is 2. The number of nitrogens with zero attached hydrogens (tertiary/aromatic N) is 3. The largest absolute Gasteiger partial charge is 0.275 e. The van der Waals surface area contributed by atoms with Crippen LogP contribution in [0.5, 0.6) is 0 Å². The smallest absolute Gasteiger partial charge is 0.270 e. The fourth-order valence-corrected chi connectivity index (χ4v) is 1.66. The number of halogens is 2. The van der Waals surface area contributed by atoms with Crippen molar-refractivity contribution < 1.29 is 13.7 Å². The molecule has 5 nitrogen and oxygen atoms in total. The molecule has 2 rings (SSSR count). The minimum atomic E-state index is -2.67. The Morgan fingerprint density at radius 1 is 1.44 bits per heavy atom. The number of hydrogen-bond donors (Lipinski definition) is 0. The van der Waals surface area contributed by atoms with Crippen LogP contribution < -0.4 is 0 Å². The van der Waals surface area contributed by atoms with Crippen molar-refractivity contribution in [3.8, 4) is 11.3 Å². The molecule has 0 saturated carbocycles. The highest BCUT2D eigenvalue weighted by Crippen LogP contribution is 2.31. The Kier molecular flexibility index (Phi) is 3.05. The van der Waals surface area contributed by atoms with Gasteiger partial charge in [0.2, 0.25) is 0 Å². The highest BCUT2D eigenvalue weighted by Gasteiger charge is 2.19. The third-order valence-electron chi connectivity index (χ3n) is 2.42. The molecule has 2 aromatic rings. The molecular weight excluding hydrogens is 244 g/mol. The van der Waals surface area contributed by atoms with Gasteiger partial charge in [-0.2, -0.15) is 5.10 Å². The predicted molar refractivity (Wildman–Crippen MR) is 60.3 cm³/mol. The van der Waals surface area contributed by atoms with E-state index in [1.807, 2.05) is 0 Å². The first kappa shape index (κ1) is 12.2. The monoisotopic (exact) mass is 253 g/mol. The van der Waals surface area contributed by atoms with Gasteiger partial charge in [-0.3, -0.25) is 14.8 Å². The molecule has 0 radical (unpaired) electrons. The number of benzene rings is 1. The van der Waals surface area contributed by atoms with Gasteiger partial charge in [0.15, 0.2) is 0 Å². The molecule has 0 N–H and O–H groups in total. The minimum Gasteiger partial charge on any atom is -0.275 e. The average molecular weight is 253 g/mol. The van der Waals surface area contributed by atoms with Crippen LogP contribution in [0.15, 0.2) is 30.5 Å². The summed E-state index contributed by atoms with van der Waals surface area (Å²) in [4.78, 5) is 10.1. The van der Waals surface area contributed by atoms with E-state index in [1.165, 1.54) is 42.2 Å². The Bertz CT molecular complexity index is 596. The zero-order chi connectivity index (χ0) is 13.3. The number of hydrogen-bond acceptors (Lipinski definition) is 3. The van der Waals surface area contributed by atoms with E-state index >= 15 is 0 Å². The number of non-ortho nitro benzene ring substituents is 1. The topological polar surface area (TPSA) is 61.0 Å². The molecule has 0 amide bonds. The standard InChI is InChI=1S/C11H9F2N3O2/c1-15-6-9(11(12)13)10(14-15)7-3-2-4-8(5-7)16(17)18/h2-6,11H,1H3. The molecule has 0 unspecified atom stereocenters. The molecule has 7 heteroatoms. The highest BCUT2D eigenvalue weighted by atomic mass is 19.3. The second-order valence-electron chi connectivity index (χ2n) is 3.71. The molecule has 0 aliphatic heterocycles. The minimum absolute atomic E-state index is 0.0659. The van der Waals surface area contributed by atoms with Gasteiger partial charge in [0.05, 0.1) is 10.5 Å². The quantitative estimate of drug-likeness (QED) is 0.624. The van der Waals surface area contributed by atoms with Crippen LogP contribution in [0.4, 0.5) is 14.5 Å². The molecular formula is C11H9F2N3O2. The third kappa shape index (κ3) is 2.20. The Hall–Kier alpha value is -2.31. The van der Waals surface area contributed by atoms with Crippen molar-refractivity contribution >= 4 is 5.69 Å². The Morgan fingerprint density at radius 2 is 2.17 bits per heavy atom. The van der Waals surface area contributed by atoms with E-state index in [9.17, 15) is 18.9 Å². The first-order chi connectivity index (χ1) is 8.49. The van der Waals surface area contributed by atoms with Crippen molar-refractivity contribution in [3.63, 3.8) is 0 Å². The SMILES string of the molecule is Cn1cc(C(F)F)c(-c2cccc([N+](=O)[O-])c2)n1. The molecule has 0 fully saturated rings. The van der Waals surface area contributed by atoms with E-state index in [-0.39, 0.29) is 16.9 Å². The molecule has 0 bridgehead atoms. The van der Waals surface area contributed by atoms with Gasteiger partial charge in [-0.05, 0) is 0 Å². The Morgan fingerprint density at radius 3 is 2.78 bits per heavy atom. The van der Waals surface area contributed by atoms with Gasteiger partial charge in [-0.25, -0.2) is 8.78 Å². The van der Waals surface area contributed by atoms with E-state index in [1.54, 1.807) is 0 Å².